The van der Waals surface area contributed by atoms with Crippen LogP contribution in [0.15, 0.2) is 28.5 Å². The molecule has 1 aromatic heterocycles. The number of nitrogens with one attached hydrogen (secondary N) is 1. The van der Waals surface area contributed by atoms with Gasteiger partial charge in [-0.1, -0.05) is 23.2 Å². The lowest BCUT2D eigenvalue weighted by Crippen LogP contribution is -2.41. The van der Waals surface area contributed by atoms with Crippen LogP contribution in [0.5, 0.6) is 0 Å². The van der Waals surface area contributed by atoms with Crippen molar-refractivity contribution in [3.63, 3.8) is 0 Å². The number of halogens is 2. The van der Waals surface area contributed by atoms with Gasteiger partial charge in [0.2, 0.25) is 15.9 Å². The molecule has 8 nitrogen and oxygen atoms in total. The summed E-state index contributed by atoms with van der Waals surface area (Å²) < 4.78 is 31.9. The molecule has 0 radical (unpaired) electrons. The minimum Gasteiger partial charge on any atom is -0.461 e. The molecule has 0 spiro atoms. The highest BCUT2D eigenvalue weighted by Gasteiger charge is 2.33. The summed E-state index contributed by atoms with van der Waals surface area (Å²) in [5.74, 6) is -1.19. The second-order valence-corrected chi connectivity index (χ2v) is 10.1. The number of nitrogens with zero attached hydrogens (tertiary/aromatic N) is 2. The molecule has 2 aromatic rings. The minimum atomic E-state index is -3.81. The van der Waals surface area contributed by atoms with Crippen LogP contribution in [0.1, 0.15) is 30.3 Å². The van der Waals surface area contributed by atoms with E-state index in [4.69, 9.17) is 27.9 Å². The molecule has 0 atom stereocenters. The fourth-order valence-corrected chi connectivity index (χ4v) is 5.90. The van der Waals surface area contributed by atoms with E-state index in [1.165, 1.54) is 27.9 Å². The number of hydrogen-bond donors (Lipinski definition) is 1. The second kappa shape index (κ2) is 9.61. The van der Waals surface area contributed by atoms with Crippen LogP contribution in [0.2, 0.25) is 10.0 Å². The van der Waals surface area contributed by atoms with Crippen LogP contribution in [0.4, 0.5) is 5.13 Å². The summed E-state index contributed by atoms with van der Waals surface area (Å²) in [6.45, 7) is 2.28. The third-order valence-corrected chi connectivity index (χ3v) is 7.93. The summed E-state index contributed by atoms with van der Waals surface area (Å²) in [5, 5.41) is 4.87. The lowest BCUT2D eigenvalue weighted by atomic mass is 9.97. The first kappa shape index (κ1) is 23.0. The molecule has 1 amide bonds. The molecule has 1 saturated heterocycles. The first-order chi connectivity index (χ1) is 14.2. The zero-order valence-electron chi connectivity index (χ0n) is 15.9. The van der Waals surface area contributed by atoms with Crippen LogP contribution in [-0.4, -0.2) is 49.3 Å². The van der Waals surface area contributed by atoms with E-state index in [-0.39, 0.29) is 52.2 Å². The second-order valence-electron chi connectivity index (χ2n) is 6.50. The highest BCUT2D eigenvalue weighted by Crippen LogP contribution is 2.30. The topological polar surface area (TPSA) is 106 Å². The van der Waals surface area contributed by atoms with Gasteiger partial charge in [0.25, 0.3) is 0 Å². The maximum absolute atomic E-state index is 12.9. The van der Waals surface area contributed by atoms with Gasteiger partial charge in [-0.2, -0.15) is 4.31 Å². The molecular weight excluding hydrogens is 473 g/mol. The van der Waals surface area contributed by atoms with Crippen molar-refractivity contribution < 1.29 is 22.7 Å². The predicted octanol–water partition coefficient (Wildman–Crippen LogP) is 3.67. The Balaban J connectivity index is 1.60. The van der Waals surface area contributed by atoms with E-state index in [0.717, 1.165) is 11.3 Å². The number of thiazole rings is 1. The number of sulfonamides is 1. The first-order valence-corrected chi connectivity index (χ1v) is 12.2. The molecule has 1 aliphatic heterocycles. The summed E-state index contributed by atoms with van der Waals surface area (Å²) >= 11 is 13.1. The zero-order chi connectivity index (χ0) is 21.9. The maximum atomic E-state index is 12.9. The number of rotatable bonds is 6. The standard InChI is InChI=1S/C18H19Cl2N3O5S2/c1-2-28-17(25)14-10-29-18(21-14)22-16(24)11-5-7-23(8-6-11)30(26,27)15-9-12(19)3-4-13(15)20/h3-4,9-11H,2,5-8H2,1H3,(H,21,22,24). The Morgan fingerprint density at radius 3 is 2.67 bits per heavy atom. The van der Waals surface area contributed by atoms with E-state index in [0.29, 0.717) is 18.0 Å². The van der Waals surface area contributed by atoms with Crippen molar-refractivity contribution in [3.8, 4) is 0 Å². The number of hydrogen-bond acceptors (Lipinski definition) is 7. The molecule has 1 fully saturated rings. The summed E-state index contributed by atoms with van der Waals surface area (Å²) in [6, 6.07) is 4.28. The van der Waals surface area contributed by atoms with Gasteiger partial charge in [0.15, 0.2) is 10.8 Å². The SMILES string of the molecule is CCOC(=O)c1csc(NC(=O)C2CCN(S(=O)(=O)c3cc(Cl)ccc3Cl)CC2)n1. The highest BCUT2D eigenvalue weighted by atomic mass is 35.5. The van der Waals surface area contributed by atoms with Gasteiger partial charge in [-0.15, -0.1) is 11.3 Å². The van der Waals surface area contributed by atoms with Crippen molar-refractivity contribution >= 4 is 61.6 Å². The van der Waals surface area contributed by atoms with Gasteiger partial charge in [-0.05, 0) is 38.0 Å². The fourth-order valence-electron chi connectivity index (χ4n) is 3.01. The predicted molar refractivity (Wildman–Crippen MR) is 115 cm³/mol. The molecular formula is C18H19Cl2N3O5S2. The van der Waals surface area contributed by atoms with Crippen molar-refractivity contribution in [2.75, 3.05) is 25.0 Å². The van der Waals surface area contributed by atoms with E-state index in [2.05, 4.69) is 10.3 Å². The Morgan fingerprint density at radius 2 is 2.00 bits per heavy atom. The minimum absolute atomic E-state index is 0.0474. The molecule has 0 bridgehead atoms. The smallest absolute Gasteiger partial charge is 0.357 e. The number of esters is 1. The average molecular weight is 492 g/mol. The number of amides is 1. The third-order valence-electron chi connectivity index (χ3n) is 4.55. The number of carbonyl (C=O) groups excluding carboxylic acids is 2. The molecule has 1 N–H and O–H groups in total. The fraction of sp³-hybridized carbons (Fsp3) is 0.389. The molecule has 12 heteroatoms. The molecule has 30 heavy (non-hydrogen) atoms. The molecule has 3 rings (SSSR count). The van der Waals surface area contributed by atoms with Crippen LogP contribution in [0, 0.1) is 5.92 Å². The van der Waals surface area contributed by atoms with Gasteiger partial charge in [-0.3, -0.25) is 4.79 Å². The van der Waals surface area contributed by atoms with E-state index in [1.807, 2.05) is 0 Å². The summed E-state index contributed by atoms with van der Waals surface area (Å²) in [5.41, 5.74) is 0.136. The van der Waals surface area contributed by atoms with Gasteiger partial charge in [0, 0.05) is 29.4 Å². The van der Waals surface area contributed by atoms with Gasteiger partial charge in [0.05, 0.1) is 11.6 Å². The normalized spacial score (nSPS) is 15.7. The van der Waals surface area contributed by atoms with Gasteiger partial charge < -0.3 is 10.1 Å². The average Bonchev–Trinajstić information content (AvgIpc) is 3.18. The molecule has 0 unspecified atom stereocenters. The number of piperidine rings is 1. The van der Waals surface area contributed by atoms with Crippen molar-refractivity contribution in [1.29, 1.82) is 0 Å². The largest absolute Gasteiger partial charge is 0.461 e. The van der Waals surface area contributed by atoms with Gasteiger partial charge in [0.1, 0.15) is 4.90 Å². The number of aromatic nitrogens is 1. The third kappa shape index (κ3) is 5.12. The van der Waals surface area contributed by atoms with Crippen LogP contribution in [0.25, 0.3) is 0 Å². The Bertz CT molecular complexity index is 1050. The molecule has 1 aliphatic rings. The van der Waals surface area contributed by atoms with Gasteiger partial charge >= 0.3 is 5.97 Å². The first-order valence-electron chi connectivity index (χ1n) is 9.11. The summed E-state index contributed by atoms with van der Waals surface area (Å²) in [4.78, 5) is 28.2. The van der Waals surface area contributed by atoms with Crippen LogP contribution >= 0.6 is 34.5 Å². The molecule has 0 saturated carbocycles. The number of carbonyl (C=O) groups is 2. The quantitative estimate of drug-likeness (QED) is 0.617. The Morgan fingerprint density at radius 1 is 1.30 bits per heavy atom. The number of anilines is 1. The molecule has 0 aliphatic carbocycles. The number of ether oxygens (including phenoxy) is 1. The summed E-state index contributed by atoms with van der Waals surface area (Å²) in [6.07, 6.45) is 0.693. The Labute approximate surface area is 188 Å². The Kier molecular flexibility index (Phi) is 7.35. The van der Waals surface area contributed by atoms with Crippen molar-refractivity contribution in [3.05, 3.63) is 39.3 Å². The lowest BCUT2D eigenvalue weighted by Gasteiger charge is -2.30. The maximum Gasteiger partial charge on any atom is 0.357 e. The zero-order valence-corrected chi connectivity index (χ0v) is 19.1. The van der Waals surface area contributed by atoms with Crippen LogP contribution < -0.4 is 5.32 Å². The van der Waals surface area contributed by atoms with E-state index in [9.17, 15) is 18.0 Å². The van der Waals surface area contributed by atoms with Gasteiger partial charge in [-0.25, -0.2) is 18.2 Å². The van der Waals surface area contributed by atoms with Crippen molar-refractivity contribution in [1.82, 2.24) is 9.29 Å². The molecule has 2 heterocycles. The lowest BCUT2D eigenvalue weighted by molar-refractivity contribution is -0.120. The Hall–Kier alpha value is -1.72. The summed E-state index contributed by atoms with van der Waals surface area (Å²) in [7, 11) is -3.81. The molecule has 1 aromatic carbocycles. The van der Waals surface area contributed by atoms with Crippen molar-refractivity contribution in [2.24, 2.45) is 5.92 Å². The van der Waals surface area contributed by atoms with E-state index in [1.54, 1.807) is 6.92 Å². The van der Waals surface area contributed by atoms with E-state index < -0.39 is 16.0 Å². The van der Waals surface area contributed by atoms with Crippen molar-refractivity contribution in [2.45, 2.75) is 24.7 Å². The highest BCUT2D eigenvalue weighted by molar-refractivity contribution is 7.89. The van der Waals surface area contributed by atoms with Crippen LogP contribution in [0.3, 0.4) is 0 Å². The van der Waals surface area contributed by atoms with Crippen LogP contribution in [-0.2, 0) is 19.6 Å². The monoisotopic (exact) mass is 491 g/mol. The van der Waals surface area contributed by atoms with E-state index >= 15 is 0 Å². The number of benzene rings is 1. The molecule has 162 valence electrons.